The molecule has 1 aromatic carbocycles. The number of aliphatic hydroxyl groups excluding tert-OH is 1. The van der Waals surface area contributed by atoms with Crippen molar-refractivity contribution >= 4 is 28.4 Å². The molecule has 3 nitrogen and oxygen atoms in total. The molecule has 3 aromatic rings. The molecule has 21 heavy (non-hydrogen) atoms. The summed E-state index contributed by atoms with van der Waals surface area (Å²) in [5, 5.41) is 13.4. The second-order valence-corrected chi connectivity index (χ2v) is 6.34. The van der Waals surface area contributed by atoms with Crippen molar-refractivity contribution in [3.63, 3.8) is 0 Å². The molecule has 0 aliphatic rings. The van der Waals surface area contributed by atoms with Crippen LogP contribution >= 0.6 is 22.7 Å². The molecule has 0 aliphatic heterocycles. The summed E-state index contributed by atoms with van der Waals surface area (Å²) < 4.78 is 2.19. The smallest absolute Gasteiger partial charge is 0.190 e. The Hall–Kier alpha value is -1.69. The molecular weight excluding hydrogens is 300 g/mol. The van der Waals surface area contributed by atoms with Gasteiger partial charge in [0.05, 0.1) is 16.3 Å². The molecule has 2 aromatic heterocycles. The van der Waals surface area contributed by atoms with Gasteiger partial charge in [-0.1, -0.05) is 24.3 Å². The first-order valence-electron chi connectivity index (χ1n) is 6.81. The number of rotatable bonds is 5. The first kappa shape index (κ1) is 14.3. The van der Waals surface area contributed by atoms with E-state index in [1.54, 1.807) is 22.7 Å². The van der Waals surface area contributed by atoms with Crippen molar-refractivity contribution < 1.29 is 5.11 Å². The van der Waals surface area contributed by atoms with E-state index < -0.39 is 0 Å². The second-order valence-electron chi connectivity index (χ2n) is 4.56. The number of aromatic nitrogens is 1. The Morgan fingerprint density at radius 3 is 2.62 bits per heavy atom. The summed E-state index contributed by atoms with van der Waals surface area (Å²) in [5.41, 5.74) is 2.13. The maximum Gasteiger partial charge on any atom is 0.190 e. The van der Waals surface area contributed by atoms with E-state index in [0.717, 1.165) is 23.5 Å². The highest BCUT2D eigenvalue weighted by Gasteiger charge is 2.08. The zero-order chi connectivity index (χ0) is 14.5. The van der Waals surface area contributed by atoms with Crippen molar-refractivity contribution in [2.45, 2.75) is 13.0 Å². The molecule has 0 amide bonds. The van der Waals surface area contributed by atoms with Gasteiger partial charge in [-0.15, -0.1) is 22.7 Å². The molecule has 108 valence electrons. The quantitative estimate of drug-likeness (QED) is 0.762. The Labute approximate surface area is 131 Å². The third-order valence-electron chi connectivity index (χ3n) is 3.09. The van der Waals surface area contributed by atoms with Crippen LogP contribution in [-0.4, -0.2) is 16.3 Å². The number of thiazole rings is 1. The number of aliphatic hydroxyl groups is 1. The third-order valence-corrected chi connectivity index (χ3v) is 4.85. The Balaban J connectivity index is 2.06. The fraction of sp³-hybridized carbons (Fsp3) is 0.188. The molecule has 0 bridgehead atoms. The van der Waals surface area contributed by atoms with Crippen LogP contribution in [-0.2, 0) is 6.54 Å². The SMILES string of the molecule is OCCCn1c(-c2cccs2)csc1=Nc1ccccc1. The number of hydrogen-bond acceptors (Lipinski definition) is 4. The number of benzene rings is 1. The largest absolute Gasteiger partial charge is 0.396 e. The minimum absolute atomic E-state index is 0.192. The zero-order valence-electron chi connectivity index (χ0n) is 11.5. The molecule has 0 fully saturated rings. The van der Waals surface area contributed by atoms with Crippen LogP contribution in [0.1, 0.15) is 6.42 Å². The standard InChI is InChI=1S/C16H16N2OS2/c19-10-5-9-18-14(15-8-4-11-20-15)12-21-16(18)17-13-6-2-1-3-7-13/h1-4,6-8,11-12,19H,5,9-10H2. The van der Waals surface area contributed by atoms with Gasteiger partial charge in [0.15, 0.2) is 4.80 Å². The van der Waals surface area contributed by atoms with Crippen LogP contribution in [0.5, 0.6) is 0 Å². The maximum atomic E-state index is 9.13. The average Bonchev–Trinajstić information content (AvgIpc) is 3.16. The van der Waals surface area contributed by atoms with Crippen molar-refractivity contribution in [2.75, 3.05) is 6.61 Å². The van der Waals surface area contributed by atoms with Gasteiger partial charge in [0.25, 0.3) is 0 Å². The summed E-state index contributed by atoms with van der Waals surface area (Å²) >= 11 is 3.37. The molecule has 0 saturated heterocycles. The minimum atomic E-state index is 0.192. The summed E-state index contributed by atoms with van der Waals surface area (Å²) in [7, 11) is 0. The predicted molar refractivity (Wildman–Crippen MR) is 89.0 cm³/mol. The molecule has 0 spiro atoms. The van der Waals surface area contributed by atoms with Crippen molar-refractivity contribution in [3.8, 4) is 10.6 Å². The second kappa shape index (κ2) is 6.85. The Bertz CT molecular complexity index is 742. The predicted octanol–water partition coefficient (Wildman–Crippen LogP) is 3.89. The van der Waals surface area contributed by atoms with Gasteiger partial charge < -0.3 is 9.67 Å². The van der Waals surface area contributed by atoms with Gasteiger partial charge in [0, 0.05) is 18.5 Å². The summed E-state index contributed by atoms with van der Waals surface area (Å²) in [4.78, 5) is 6.93. The van der Waals surface area contributed by atoms with Gasteiger partial charge >= 0.3 is 0 Å². The molecule has 5 heteroatoms. The summed E-state index contributed by atoms with van der Waals surface area (Å²) in [6, 6.07) is 14.2. The van der Waals surface area contributed by atoms with Crippen molar-refractivity contribution in [1.29, 1.82) is 0 Å². The van der Waals surface area contributed by atoms with Crippen molar-refractivity contribution in [2.24, 2.45) is 4.99 Å². The fourth-order valence-corrected chi connectivity index (χ4v) is 3.87. The van der Waals surface area contributed by atoms with E-state index in [-0.39, 0.29) is 6.61 Å². The van der Waals surface area contributed by atoms with E-state index in [1.807, 2.05) is 30.3 Å². The molecule has 0 unspecified atom stereocenters. The number of para-hydroxylation sites is 1. The van der Waals surface area contributed by atoms with Crippen LogP contribution in [0.3, 0.4) is 0 Å². The molecule has 0 atom stereocenters. The van der Waals surface area contributed by atoms with Gasteiger partial charge in [0.2, 0.25) is 0 Å². The molecule has 0 radical (unpaired) electrons. The van der Waals surface area contributed by atoms with E-state index >= 15 is 0 Å². The maximum absolute atomic E-state index is 9.13. The highest BCUT2D eigenvalue weighted by Crippen LogP contribution is 2.25. The van der Waals surface area contributed by atoms with E-state index in [9.17, 15) is 0 Å². The van der Waals surface area contributed by atoms with Crippen LogP contribution in [0, 0.1) is 0 Å². The van der Waals surface area contributed by atoms with Gasteiger partial charge in [-0.3, -0.25) is 0 Å². The summed E-state index contributed by atoms with van der Waals surface area (Å²) in [6.45, 7) is 0.969. The van der Waals surface area contributed by atoms with Gasteiger partial charge in [0.1, 0.15) is 0 Å². The Kier molecular flexibility index (Phi) is 4.65. The summed E-state index contributed by atoms with van der Waals surface area (Å²) in [5.74, 6) is 0. The van der Waals surface area contributed by atoms with E-state index in [0.29, 0.717) is 0 Å². The van der Waals surface area contributed by atoms with Gasteiger partial charge in [-0.2, -0.15) is 0 Å². The number of thiophene rings is 1. The van der Waals surface area contributed by atoms with Gasteiger partial charge in [-0.05, 0) is 30.0 Å². The minimum Gasteiger partial charge on any atom is -0.396 e. The highest BCUT2D eigenvalue weighted by atomic mass is 32.1. The number of nitrogens with zero attached hydrogens (tertiary/aromatic N) is 2. The highest BCUT2D eigenvalue weighted by molar-refractivity contribution is 7.14. The Morgan fingerprint density at radius 1 is 1.05 bits per heavy atom. The molecule has 2 heterocycles. The lowest BCUT2D eigenvalue weighted by atomic mass is 10.3. The van der Waals surface area contributed by atoms with Crippen molar-refractivity contribution in [3.05, 3.63) is 58.0 Å². The lowest BCUT2D eigenvalue weighted by Crippen LogP contribution is -2.16. The van der Waals surface area contributed by atoms with E-state index in [1.165, 1.54) is 10.6 Å². The third kappa shape index (κ3) is 3.32. The van der Waals surface area contributed by atoms with Crippen LogP contribution in [0.25, 0.3) is 10.6 Å². The monoisotopic (exact) mass is 316 g/mol. The summed E-state index contributed by atoms with van der Waals surface area (Å²) in [6.07, 6.45) is 0.733. The van der Waals surface area contributed by atoms with Crippen LogP contribution in [0.4, 0.5) is 5.69 Å². The molecule has 1 N–H and O–H groups in total. The topological polar surface area (TPSA) is 37.5 Å². The van der Waals surface area contributed by atoms with Gasteiger partial charge in [-0.25, -0.2) is 4.99 Å². The average molecular weight is 316 g/mol. The normalized spacial score (nSPS) is 12.0. The molecule has 3 rings (SSSR count). The van der Waals surface area contributed by atoms with E-state index in [2.05, 4.69) is 27.5 Å². The molecular formula is C16H16N2OS2. The number of hydrogen-bond donors (Lipinski definition) is 1. The first-order valence-corrected chi connectivity index (χ1v) is 8.57. The van der Waals surface area contributed by atoms with Crippen LogP contribution in [0.2, 0.25) is 0 Å². The lowest BCUT2D eigenvalue weighted by Gasteiger charge is -2.06. The molecule has 0 saturated carbocycles. The van der Waals surface area contributed by atoms with E-state index in [4.69, 9.17) is 10.1 Å². The molecule has 0 aliphatic carbocycles. The van der Waals surface area contributed by atoms with Crippen LogP contribution < -0.4 is 4.80 Å². The first-order chi connectivity index (χ1) is 10.4. The van der Waals surface area contributed by atoms with Crippen molar-refractivity contribution in [1.82, 2.24) is 4.57 Å². The van der Waals surface area contributed by atoms with Crippen LogP contribution in [0.15, 0.2) is 58.2 Å². The lowest BCUT2D eigenvalue weighted by molar-refractivity contribution is 0.279. The zero-order valence-corrected chi connectivity index (χ0v) is 13.1. The fourth-order valence-electron chi connectivity index (χ4n) is 2.10. The Morgan fingerprint density at radius 2 is 1.90 bits per heavy atom.